The van der Waals surface area contributed by atoms with Gasteiger partial charge in [-0.2, -0.15) is 9.61 Å². The average molecular weight is 463 g/mol. The minimum absolute atomic E-state index is 0.139. The van der Waals surface area contributed by atoms with E-state index >= 15 is 0 Å². The molecule has 4 rings (SSSR count). The number of anilines is 1. The molecule has 2 heterocycles. The Kier molecular flexibility index (Phi) is 7.16. The molecule has 2 amide bonds. The van der Waals surface area contributed by atoms with Crippen LogP contribution in [0, 0.1) is 0 Å². The van der Waals surface area contributed by atoms with Crippen molar-refractivity contribution < 1.29 is 14.3 Å². The lowest BCUT2D eigenvalue weighted by Gasteiger charge is -2.07. The van der Waals surface area contributed by atoms with Gasteiger partial charge in [0.15, 0.2) is 11.5 Å². The van der Waals surface area contributed by atoms with Crippen molar-refractivity contribution in [1.82, 2.24) is 25.1 Å². The first-order chi connectivity index (χ1) is 16.1. The summed E-state index contributed by atoms with van der Waals surface area (Å²) in [6.45, 7) is 0.401. The van der Waals surface area contributed by atoms with E-state index in [1.165, 1.54) is 11.8 Å². The second-order valence-electron chi connectivity index (χ2n) is 7.00. The van der Waals surface area contributed by atoms with Gasteiger partial charge in [-0.25, -0.2) is 0 Å². The normalized spacial score (nSPS) is 10.7. The van der Waals surface area contributed by atoms with E-state index in [4.69, 9.17) is 4.74 Å². The van der Waals surface area contributed by atoms with E-state index in [1.54, 1.807) is 60.2 Å². The van der Waals surface area contributed by atoms with Gasteiger partial charge in [-0.3, -0.25) is 9.59 Å². The molecule has 2 aromatic heterocycles. The minimum Gasteiger partial charge on any atom is -0.497 e. The molecule has 0 saturated heterocycles. The van der Waals surface area contributed by atoms with E-state index < -0.39 is 0 Å². The first-order valence-electron chi connectivity index (χ1n) is 10.2. The number of methoxy groups -OCH3 is 1. The van der Waals surface area contributed by atoms with Crippen LogP contribution in [-0.2, 0) is 11.2 Å². The van der Waals surface area contributed by atoms with Gasteiger partial charge < -0.3 is 15.4 Å². The van der Waals surface area contributed by atoms with Crippen LogP contribution in [0.3, 0.4) is 0 Å². The minimum atomic E-state index is -0.142. The number of hydrogen-bond acceptors (Lipinski definition) is 7. The van der Waals surface area contributed by atoms with Crippen LogP contribution >= 0.6 is 11.8 Å². The molecule has 0 aliphatic carbocycles. The molecule has 0 atom stereocenters. The third kappa shape index (κ3) is 5.86. The second-order valence-corrected chi connectivity index (χ2v) is 7.99. The number of fused-ring (bicyclic) bond motifs is 1. The van der Waals surface area contributed by atoms with Gasteiger partial charge in [-0.1, -0.05) is 30.0 Å². The topological polar surface area (TPSA) is 111 Å². The zero-order valence-corrected chi connectivity index (χ0v) is 18.7. The summed E-state index contributed by atoms with van der Waals surface area (Å²) < 4.78 is 6.75. The van der Waals surface area contributed by atoms with Gasteiger partial charge in [0.05, 0.1) is 12.9 Å². The first kappa shape index (κ1) is 22.3. The molecule has 33 heavy (non-hydrogen) atoms. The van der Waals surface area contributed by atoms with Gasteiger partial charge in [-0.15, -0.1) is 10.2 Å². The van der Waals surface area contributed by atoms with Gasteiger partial charge in [-0.05, 0) is 48.5 Å². The number of rotatable bonds is 9. The summed E-state index contributed by atoms with van der Waals surface area (Å²) in [7, 11) is 1.59. The molecular weight excluding hydrogens is 440 g/mol. The molecule has 0 radical (unpaired) electrons. The summed E-state index contributed by atoms with van der Waals surface area (Å²) in [4.78, 5) is 24.5. The summed E-state index contributed by atoms with van der Waals surface area (Å²) in [5, 5.41) is 19.2. The van der Waals surface area contributed by atoms with Crippen molar-refractivity contribution in [2.45, 2.75) is 11.4 Å². The summed E-state index contributed by atoms with van der Waals surface area (Å²) in [5.41, 5.74) is 1.91. The molecule has 0 saturated carbocycles. The number of benzene rings is 2. The lowest BCUT2D eigenvalue weighted by Crippen LogP contribution is -2.26. The lowest BCUT2D eigenvalue weighted by molar-refractivity contribution is -0.113. The van der Waals surface area contributed by atoms with Crippen LogP contribution in [0.2, 0.25) is 0 Å². The first-order valence-corrected chi connectivity index (χ1v) is 11.2. The largest absolute Gasteiger partial charge is 0.497 e. The summed E-state index contributed by atoms with van der Waals surface area (Å²) in [6.07, 6.45) is 0.471. The Morgan fingerprint density at radius 1 is 1.00 bits per heavy atom. The van der Waals surface area contributed by atoms with Crippen molar-refractivity contribution in [1.29, 1.82) is 0 Å². The highest BCUT2D eigenvalue weighted by Gasteiger charge is 2.11. The zero-order chi connectivity index (χ0) is 23.0. The molecule has 10 heteroatoms. The maximum Gasteiger partial charge on any atom is 0.251 e. The smallest absolute Gasteiger partial charge is 0.251 e. The van der Waals surface area contributed by atoms with Crippen LogP contribution in [0.5, 0.6) is 5.75 Å². The van der Waals surface area contributed by atoms with Gasteiger partial charge in [0.1, 0.15) is 10.8 Å². The average Bonchev–Trinajstić information content (AvgIpc) is 3.26. The summed E-state index contributed by atoms with van der Waals surface area (Å²) >= 11 is 1.31. The number of thioether (sulfide) groups is 1. The Morgan fingerprint density at radius 3 is 2.55 bits per heavy atom. The van der Waals surface area contributed by atoms with Crippen molar-refractivity contribution in [2.75, 3.05) is 24.7 Å². The maximum absolute atomic E-state index is 12.3. The Bertz CT molecular complexity index is 1240. The third-order valence-corrected chi connectivity index (χ3v) is 5.62. The van der Waals surface area contributed by atoms with Crippen molar-refractivity contribution in [3.63, 3.8) is 0 Å². The second kappa shape index (κ2) is 10.6. The zero-order valence-electron chi connectivity index (χ0n) is 17.9. The predicted octanol–water partition coefficient (Wildman–Crippen LogP) is 2.84. The fraction of sp³-hybridized carbons (Fsp3) is 0.174. The van der Waals surface area contributed by atoms with Gasteiger partial charge in [0.25, 0.3) is 5.91 Å². The maximum atomic E-state index is 12.3. The number of nitrogens with one attached hydrogen (secondary N) is 2. The fourth-order valence-electron chi connectivity index (χ4n) is 3.04. The molecule has 0 bridgehead atoms. The number of carbonyl (C=O) groups excluding carboxylic acids is 2. The highest BCUT2D eigenvalue weighted by molar-refractivity contribution is 7.99. The Labute approximate surface area is 194 Å². The summed E-state index contributed by atoms with van der Waals surface area (Å²) in [5.74, 6) is 1.28. The number of aromatic nitrogens is 4. The molecular formula is C23H22N6O3S. The van der Waals surface area contributed by atoms with Gasteiger partial charge >= 0.3 is 0 Å². The van der Waals surface area contributed by atoms with E-state index in [0.717, 1.165) is 5.75 Å². The summed E-state index contributed by atoms with van der Waals surface area (Å²) in [6, 6.07) is 19.8. The van der Waals surface area contributed by atoms with E-state index in [-0.39, 0.29) is 17.6 Å². The van der Waals surface area contributed by atoms with Crippen LogP contribution in [0.25, 0.3) is 5.65 Å². The van der Waals surface area contributed by atoms with Gasteiger partial charge in [0.2, 0.25) is 5.91 Å². The fourth-order valence-corrected chi connectivity index (χ4v) is 3.69. The van der Waals surface area contributed by atoms with E-state index in [1.807, 2.05) is 18.2 Å². The molecule has 0 fully saturated rings. The Balaban J connectivity index is 1.32. The molecule has 0 unspecified atom stereocenters. The molecule has 0 aliphatic heterocycles. The number of ether oxygens (including phenoxy) is 1. The quantitative estimate of drug-likeness (QED) is 0.368. The van der Waals surface area contributed by atoms with Crippen LogP contribution < -0.4 is 15.4 Å². The van der Waals surface area contributed by atoms with E-state index in [0.29, 0.717) is 40.7 Å². The van der Waals surface area contributed by atoms with Crippen molar-refractivity contribution >= 4 is 34.9 Å². The Morgan fingerprint density at radius 2 is 1.79 bits per heavy atom. The van der Waals surface area contributed by atoms with Crippen LogP contribution in [0.15, 0.2) is 71.8 Å². The number of nitrogens with zero attached hydrogens (tertiary/aromatic N) is 4. The highest BCUT2D eigenvalue weighted by atomic mass is 32.2. The molecule has 0 spiro atoms. The molecule has 9 nitrogen and oxygen atoms in total. The molecule has 168 valence electrons. The van der Waals surface area contributed by atoms with Crippen LogP contribution in [0.1, 0.15) is 16.2 Å². The van der Waals surface area contributed by atoms with Crippen LogP contribution in [0.4, 0.5) is 5.69 Å². The lowest BCUT2D eigenvalue weighted by atomic mass is 10.2. The predicted molar refractivity (Wildman–Crippen MR) is 126 cm³/mol. The number of amides is 2. The number of hydrogen-bond donors (Lipinski definition) is 2. The molecule has 0 aliphatic rings. The van der Waals surface area contributed by atoms with Crippen molar-refractivity contribution in [3.05, 3.63) is 78.1 Å². The molecule has 2 aromatic carbocycles. The highest BCUT2D eigenvalue weighted by Crippen LogP contribution is 2.18. The van der Waals surface area contributed by atoms with Crippen molar-refractivity contribution in [2.24, 2.45) is 0 Å². The van der Waals surface area contributed by atoms with E-state index in [9.17, 15) is 9.59 Å². The third-order valence-electron chi connectivity index (χ3n) is 4.70. The SMILES string of the molecule is COc1ccc(NC(=O)CSc2ccc3nnc(CCNC(=O)c4ccccc4)n3n2)cc1. The standard InChI is InChI=1S/C23H22N6O3S/c1-32-18-9-7-17(8-10-18)25-21(30)15-33-22-12-11-19-26-27-20(29(19)28-22)13-14-24-23(31)16-5-3-2-4-6-16/h2-12H,13-15H2,1H3,(H,24,31)(H,25,30). The number of carbonyl (C=O) groups is 2. The molecule has 4 aromatic rings. The van der Waals surface area contributed by atoms with Crippen LogP contribution in [-0.4, -0.2) is 51.0 Å². The van der Waals surface area contributed by atoms with Crippen molar-refractivity contribution in [3.8, 4) is 5.75 Å². The molecule has 2 N–H and O–H groups in total. The van der Waals surface area contributed by atoms with E-state index in [2.05, 4.69) is 25.9 Å². The van der Waals surface area contributed by atoms with Gasteiger partial charge in [0, 0.05) is 24.2 Å². The Hall–Kier alpha value is -3.92. The monoisotopic (exact) mass is 462 g/mol.